The molecule has 0 fully saturated rings. The van der Waals surface area contributed by atoms with E-state index < -0.39 is 21.4 Å². The molecule has 0 amide bonds. The van der Waals surface area contributed by atoms with Gasteiger partial charge in [-0.2, -0.15) is 21.6 Å². The Morgan fingerprint density at radius 2 is 1.93 bits per heavy atom. The molecule has 10 heteroatoms. The van der Waals surface area contributed by atoms with Crippen LogP contribution in [-0.2, 0) is 21.5 Å². The van der Waals surface area contributed by atoms with Crippen LogP contribution < -0.4 is 4.18 Å². The molecule has 1 aliphatic rings. The summed E-state index contributed by atoms with van der Waals surface area (Å²) >= 11 is 0. The molecule has 4 heterocycles. The van der Waals surface area contributed by atoms with Crippen LogP contribution in [0, 0.1) is 0 Å². The van der Waals surface area contributed by atoms with Crippen LogP contribution in [0.25, 0.3) is 33.4 Å². The van der Waals surface area contributed by atoms with Crippen molar-refractivity contribution < 1.29 is 30.5 Å². The van der Waals surface area contributed by atoms with Crippen LogP contribution in [0.2, 0.25) is 0 Å². The van der Waals surface area contributed by atoms with Gasteiger partial charge in [-0.25, -0.2) is 4.98 Å². The normalized spacial score (nSPS) is 14.9. The number of aromatic nitrogens is 2. The molecule has 154 valence electrons. The van der Waals surface area contributed by atoms with E-state index in [0.717, 1.165) is 33.6 Å². The topological polar surface area (TPSA) is 69.9 Å². The Labute approximate surface area is 168 Å². The van der Waals surface area contributed by atoms with Crippen molar-refractivity contribution in [2.45, 2.75) is 12.1 Å². The molecule has 5 rings (SSSR count). The Balaban J connectivity index is 1.64. The fraction of sp³-hybridized carbons (Fsp3) is 0.150. The highest BCUT2D eigenvalue weighted by Crippen LogP contribution is 2.31. The van der Waals surface area contributed by atoms with Crippen molar-refractivity contribution in [3.63, 3.8) is 0 Å². The maximum atomic E-state index is 12.6. The van der Waals surface area contributed by atoms with E-state index in [4.69, 9.17) is 4.74 Å². The Morgan fingerprint density at radius 1 is 1.10 bits per heavy atom. The maximum absolute atomic E-state index is 12.6. The summed E-state index contributed by atoms with van der Waals surface area (Å²) in [6.45, 7) is 1.03. The molecule has 0 saturated heterocycles. The molecule has 0 radical (unpaired) electrons. The van der Waals surface area contributed by atoms with Crippen LogP contribution >= 0.6 is 0 Å². The minimum atomic E-state index is -5.74. The van der Waals surface area contributed by atoms with E-state index in [1.807, 2.05) is 35.0 Å². The third-order valence-electron chi connectivity index (χ3n) is 4.83. The van der Waals surface area contributed by atoms with E-state index >= 15 is 0 Å². The van der Waals surface area contributed by atoms with Crippen molar-refractivity contribution in [2.24, 2.45) is 0 Å². The lowest BCUT2D eigenvalue weighted by molar-refractivity contribution is -0.0500. The van der Waals surface area contributed by atoms with Gasteiger partial charge in [0, 0.05) is 28.7 Å². The lowest BCUT2D eigenvalue weighted by atomic mass is 10.1. The molecule has 0 bridgehead atoms. The first-order chi connectivity index (χ1) is 14.2. The highest BCUT2D eigenvalue weighted by molar-refractivity contribution is 7.88. The summed E-state index contributed by atoms with van der Waals surface area (Å²) in [6.07, 6.45) is 7.74. The Hall–Kier alpha value is -3.11. The number of hydrogen-bond acceptors (Lipinski definition) is 5. The molecule has 4 aromatic rings. The van der Waals surface area contributed by atoms with Crippen molar-refractivity contribution in [3.8, 4) is 5.75 Å². The molecule has 1 aromatic carbocycles. The van der Waals surface area contributed by atoms with E-state index in [-0.39, 0.29) is 0 Å². The second-order valence-electron chi connectivity index (χ2n) is 6.86. The number of benzene rings is 1. The highest BCUT2D eigenvalue weighted by Gasteiger charge is 2.48. The summed E-state index contributed by atoms with van der Waals surface area (Å²) in [5.41, 5.74) is -1.35. The monoisotopic (exact) mass is 434 g/mol. The molecular formula is C20H13F3N2O4S. The van der Waals surface area contributed by atoms with Gasteiger partial charge >= 0.3 is 15.6 Å². The van der Waals surface area contributed by atoms with Gasteiger partial charge in [0.15, 0.2) is 0 Å². The van der Waals surface area contributed by atoms with Crippen molar-refractivity contribution in [3.05, 3.63) is 59.9 Å². The second kappa shape index (κ2) is 6.44. The molecule has 30 heavy (non-hydrogen) atoms. The summed E-state index contributed by atoms with van der Waals surface area (Å²) in [5, 5.41) is 1.21. The van der Waals surface area contributed by atoms with Gasteiger partial charge < -0.3 is 13.3 Å². The van der Waals surface area contributed by atoms with Crippen molar-refractivity contribution in [2.75, 3.05) is 6.61 Å². The predicted molar refractivity (Wildman–Crippen MR) is 104 cm³/mol. The number of pyridine rings is 2. The number of nitrogens with zero attached hydrogens (tertiary/aromatic N) is 2. The molecule has 0 atom stereocenters. The van der Waals surface area contributed by atoms with Crippen molar-refractivity contribution in [1.29, 1.82) is 0 Å². The van der Waals surface area contributed by atoms with E-state index in [9.17, 15) is 21.6 Å². The summed E-state index contributed by atoms with van der Waals surface area (Å²) < 4.78 is 71.9. The first-order valence-electron chi connectivity index (χ1n) is 8.84. The summed E-state index contributed by atoms with van der Waals surface area (Å²) in [7, 11) is -5.74. The van der Waals surface area contributed by atoms with Crippen LogP contribution in [0.1, 0.15) is 11.1 Å². The molecule has 0 unspecified atom stereocenters. The predicted octanol–water partition coefficient (Wildman–Crippen LogP) is 4.41. The van der Waals surface area contributed by atoms with Crippen LogP contribution in [0.4, 0.5) is 13.2 Å². The fourth-order valence-corrected chi connectivity index (χ4v) is 3.91. The number of alkyl halides is 3. The van der Waals surface area contributed by atoms with E-state index in [2.05, 4.69) is 9.17 Å². The number of ether oxygens (including phenoxy) is 1. The average molecular weight is 434 g/mol. The number of hydrogen-bond donors (Lipinski definition) is 0. The zero-order chi connectivity index (χ0) is 21.1. The van der Waals surface area contributed by atoms with Gasteiger partial charge in [0.2, 0.25) is 0 Å². The second-order valence-corrected chi connectivity index (χ2v) is 8.39. The minimum absolute atomic E-state index is 0.432. The summed E-state index contributed by atoms with van der Waals surface area (Å²) in [5.74, 6) is -0.432. The number of rotatable bonds is 2. The Morgan fingerprint density at radius 3 is 2.73 bits per heavy atom. The third kappa shape index (κ3) is 3.08. The van der Waals surface area contributed by atoms with Gasteiger partial charge in [-0.3, -0.25) is 0 Å². The first kappa shape index (κ1) is 18.9. The smallest absolute Gasteiger partial charge is 0.376 e. The lowest BCUT2D eigenvalue weighted by Gasteiger charge is -2.09. The van der Waals surface area contributed by atoms with Gasteiger partial charge in [0.05, 0.1) is 29.8 Å². The zero-order valence-electron chi connectivity index (χ0n) is 15.2. The molecule has 0 aliphatic carbocycles. The molecule has 0 saturated carbocycles. The molecule has 6 nitrogen and oxygen atoms in total. The standard InChI is InChI=1S/C20H13F3N2O4S/c21-20(22,23)30(26,27)29-16-3-4-17-13(7-16)6-14-9-25-10-15-11-28-5-1-2-12(15)8-18(25)19(14)24-17/h1-4,6-10H,5,11H2. The molecular weight excluding hydrogens is 421 g/mol. The molecule has 0 spiro atoms. The SMILES string of the molecule is O=S(=O)(Oc1ccc2nc3c(cc2c1)cn1cc2c(cc31)C=CCOC2)C(F)(F)F. The van der Waals surface area contributed by atoms with Gasteiger partial charge in [0.25, 0.3) is 0 Å². The summed E-state index contributed by atoms with van der Waals surface area (Å²) in [6, 6.07) is 7.54. The van der Waals surface area contributed by atoms with Crippen LogP contribution in [-0.4, -0.2) is 29.9 Å². The number of fused-ring (bicyclic) bond motifs is 5. The van der Waals surface area contributed by atoms with Crippen LogP contribution in [0.3, 0.4) is 0 Å². The van der Waals surface area contributed by atoms with E-state index in [0.29, 0.717) is 24.1 Å². The van der Waals surface area contributed by atoms with Gasteiger partial charge in [-0.1, -0.05) is 12.2 Å². The first-order valence-corrected chi connectivity index (χ1v) is 10.3. The maximum Gasteiger partial charge on any atom is 0.534 e. The molecule has 0 N–H and O–H groups in total. The van der Waals surface area contributed by atoms with Crippen LogP contribution in [0.5, 0.6) is 5.75 Å². The van der Waals surface area contributed by atoms with E-state index in [1.165, 1.54) is 12.1 Å². The van der Waals surface area contributed by atoms with Crippen molar-refractivity contribution in [1.82, 2.24) is 9.38 Å². The average Bonchev–Trinajstić information content (AvgIpc) is 2.84. The Bertz CT molecular complexity index is 1460. The highest BCUT2D eigenvalue weighted by atomic mass is 32.2. The van der Waals surface area contributed by atoms with Gasteiger partial charge in [0.1, 0.15) is 5.75 Å². The minimum Gasteiger partial charge on any atom is -0.376 e. The number of halogens is 3. The Kier molecular flexibility index (Phi) is 4.06. The van der Waals surface area contributed by atoms with Crippen molar-refractivity contribution >= 4 is 43.5 Å². The van der Waals surface area contributed by atoms with Gasteiger partial charge in [-0.15, -0.1) is 0 Å². The lowest BCUT2D eigenvalue weighted by Crippen LogP contribution is -2.28. The van der Waals surface area contributed by atoms with E-state index in [1.54, 1.807) is 6.07 Å². The van der Waals surface area contributed by atoms with Gasteiger partial charge in [-0.05, 0) is 35.9 Å². The fourth-order valence-electron chi connectivity index (χ4n) is 3.46. The van der Waals surface area contributed by atoms with Crippen LogP contribution in [0.15, 0.2) is 48.8 Å². The molecule has 3 aromatic heterocycles. The largest absolute Gasteiger partial charge is 0.534 e. The quantitative estimate of drug-likeness (QED) is 0.345. The molecule has 1 aliphatic heterocycles. The summed E-state index contributed by atoms with van der Waals surface area (Å²) in [4.78, 5) is 4.62. The zero-order valence-corrected chi connectivity index (χ0v) is 16.0. The third-order valence-corrected chi connectivity index (χ3v) is 5.81.